The summed E-state index contributed by atoms with van der Waals surface area (Å²) < 4.78 is 51.4. The molecule has 1 saturated heterocycles. The maximum atomic E-state index is 14.0. The molecule has 6 heteroatoms. The van der Waals surface area contributed by atoms with Crippen LogP contribution < -0.4 is 5.32 Å². The molecule has 0 amide bonds. The molecule has 1 aromatic carbocycles. The summed E-state index contributed by atoms with van der Waals surface area (Å²) in [6.07, 6.45) is 1.10. The van der Waals surface area contributed by atoms with E-state index in [0.717, 1.165) is 6.07 Å². The van der Waals surface area contributed by atoms with Crippen LogP contribution in [-0.4, -0.2) is 33.0 Å². The first-order chi connectivity index (χ1) is 9.55. The highest BCUT2D eigenvalue weighted by atomic mass is 19.2. The van der Waals surface area contributed by atoms with Gasteiger partial charge in [-0.3, -0.25) is 0 Å². The molecule has 0 saturated carbocycles. The SMILES string of the molecule is CNC(c1ccc(F)c(F)c1F)C1(OC)CCOCC1. The van der Waals surface area contributed by atoms with Gasteiger partial charge in [0.2, 0.25) is 0 Å². The second-order valence-corrected chi connectivity index (χ2v) is 4.87. The highest BCUT2D eigenvalue weighted by Crippen LogP contribution is 2.38. The third-order valence-corrected chi connectivity index (χ3v) is 3.94. The third-order valence-electron chi connectivity index (χ3n) is 3.94. The number of benzene rings is 1. The molecule has 112 valence electrons. The maximum Gasteiger partial charge on any atom is 0.194 e. The average Bonchev–Trinajstić information content (AvgIpc) is 2.49. The highest BCUT2D eigenvalue weighted by Gasteiger charge is 2.42. The molecule has 3 nitrogen and oxygen atoms in total. The number of nitrogens with one attached hydrogen (secondary N) is 1. The van der Waals surface area contributed by atoms with E-state index in [2.05, 4.69) is 5.32 Å². The summed E-state index contributed by atoms with van der Waals surface area (Å²) >= 11 is 0. The Labute approximate surface area is 116 Å². The third kappa shape index (κ3) is 2.55. The van der Waals surface area contributed by atoms with Crippen molar-refractivity contribution < 1.29 is 22.6 Å². The number of methoxy groups -OCH3 is 1. The summed E-state index contributed by atoms with van der Waals surface area (Å²) in [5.41, 5.74) is -0.631. The molecule has 1 N–H and O–H groups in total. The molecular formula is C14H18F3NO2. The van der Waals surface area contributed by atoms with E-state index in [1.165, 1.54) is 13.2 Å². The molecule has 0 bridgehead atoms. The van der Waals surface area contributed by atoms with Crippen molar-refractivity contribution in [3.05, 3.63) is 35.1 Å². The predicted molar refractivity (Wildman–Crippen MR) is 67.9 cm³/mol. The van der Waals surface area contributed by atoms with E-state index >= 15 is 0 Å². The molecule has 1 aliphatic heterocycles. The quantitative estimate of drug-likeness (QED) is 0.864. The lowest BCUT2D eigenvalue weighted by Crippen LogP contribution is -2.48. The zero-order valence-electron chi connectivity index (χ0n) is 11.5. The summed E-state index contributed by atoms with van der Waals surface area (Å²) in [6.45, 7) is 0.967. The van der Waals surface area contributed by atoms with Crippen LogP contribution in [0.1, 0.15) is 24.4 Å². The van der Waals surface area contributed by atoms with Gasteiger partial charge < -0.3 is 14.8 Å². The van der Waals surface area contributed by atoms with Crippen molar-refractivity contribution in [1.29, 1.82) is 0 Å². The fourth-order valence-electron chi connectivity index (χ4n) is 2.79. The second kappa shape index (κ2) is 6.11. The Morgan fingerprint density at radius 1 is 1.20 bits per heavy atom. The van der Waals surface area contributed by atoms with Crippen molar-refractivity contribution in [1.82, 2.24) is 5.32 Å². The number of rotatable bonds is 4. The van der Waals surface area contributed by atoms with Gasteiger partial charge in [0, 0.05) is 38.7 Å². The number of ether oxygens (including phenoxy) is 2. The normalized spacial score (nSPS) is 19.9. The van der Waals surface area contributed by atoms with Crippen LogP contribution in [0.2, 0.25) is 0 Å². The first-order valence-electron chi connectivity index (χ1n) is 6.49. The monoisotopic (exact) mass is 289 g/mol. The van der Waals surface area contributed by atoms with Crippen molar-refractivity contribution in [2.24, 2.45) is 0 Å². The topological polar surface area (TPSA) is 30.5 Å². The Bertz CT molecular complexity index is 476. The van der Waals surface area contributed by atoms with Gasteiger partial charge in [0.1, 0.15) is 0 Å². The van der Waals surface area contributed by atoms with Crippen LogP contribution in [-0.2, 0) is 9.47 Å². The van der Waals surface area contributed by atoms with Crippen molar-refractivity contribution in [2.45, 2.75) is 24.5 Å². The van der Waals surface area contributed by atoms with E-state index in [0.29, 0.717) is 26.1 Å². The Morgan fingerprint density at radius 2 is 1.85 bits per heavy atom. The highest BCUT2D eigenvalue weighted by molar-refractivity contribution is 5.26. The van der Waals surface area contributed by atoms with Crippen LogP contribution >= 0.6 is 0 Å². The van der Waals surface area contributed by atoms with Gasteiger partial charge in [-0.05, 0) is 13.1 Å². The number of likely N-dealkylation sites (N-methyl/N-ethyl adjacent to an activating group) is 1. The second-order valence-electron chi connectivity index (χ2n) is 4.87. The summed E-state index contributed by atoms with van der Waals surface area (Å²) in [6, 6.07) is 1.61. The molecule has 20 heavy (non-hydrogen) atoms. The standard InChI is InChI=1S/C14H18F3NO2/c1-18-13(14(19-2)5-7-20-8-6-14)9-3-4-10(15)12(17)11(9)16/h3-4,13,18H,5-8H2,1-2H3. The van der Waals surface area contributed by atoms with Crippen LogP contribution in [0.25, 0.3) is 0 Å². The number of halogens is 3. The van der Waals surface area contributed by atoms with Crippen LogP contribution in [0, 0.1) is 17.5 Å². The molecule has 1 aromatic rings. The molecule has 1 heterocycles. The zero-order chi connectivity index (χ0) is 14.8. The largest absolute Gasteiger partial charge is 0.381 e. The Kier molecular flexibility index (Phi) is 4.67. The lowest BCUT2D eigenvalue weighted by atomic mass is 9.82. The summed E-state index contributed by atoms with van der Waals surface area (Å²) in [5.74, 6) is -3.83. The fraction of sp³-hybridized carbons (Fsp3) is 0.571. The van der Waals surface area contributed by atoms with Gasteiger partial charge in [-0.15, -0.1) is 0 Å². The van der Waals surface area contributed by atoms with E-state index in [9.17, 15) is 13.2 Å². The first kappa shape index (κ1) is 15.3. The average molecular weight is 289 g/mol. The van der Waals surface area contributed by atoms with E-state index in [4.69, 9.17) is 9.47 Å². The smallest absolute Gasteiger partial charge is 0.194 e. The molecule has 1 atom stereocenters. The summed E-state index contributed by atoms with van der Waals surface area (Å²) in [5, 5.41) is 2.96. The van der Waals surface area contributed by atoms with Crippen LogP contribution in [0.5, 0.6) is 0 Å². The summed E-state index contributed by atoms with van der Waals surface area (Å²) in [4.78, 5) is 0. The van der Waals surface area contributed by atoms with Gasteiger partial charge in [0.25, 0.3) is 0 Å². The van der Waals surface area contributed by atoms with E-state index in [1.54, 1.807) is 7.05 Å². The van der Waals surface area contributed by atoms with Crippen molar-refractivity contribution in [3.8, 4) is 0 Å². The minimum atomic E-state index is -1.46. The Hall–Kier alpha value is -1.11. The van der Waals surface area contributed by atoms with E-state index in [-0.39, 0.29) is 5.56 Å². The van der Waals surface area contributed by atoms with Gasteiger partial charge in [-0.1, -0.05) is 6.07 Å². The van der Waals surface area contributed by atoms with Gasteiger partial charge >= 0.3 is 0 Å². The fourth-order valence-corrected chi connectivity index (χ4v) is 2.79. The molecule has 0 aromatic heterocycles. The minimum Gasteiger partial charge on any atom is -0.381 e. The Balaban J connectivity index is 2.43. The van der Waals surface area contributed by atoms with Crippen molar-refractivity contribution in [3.63, 3.8) is 0 Å². The molecule has 1 aliphatic rings. The molecule has 1 unspecified atom stereocenters. The van der Waals surface area contributed by atoms with E-state index in [1.807, 2.05) is 0 Å². The van der Waals surface area contributed by atoms with Gasteiger partial charge in [-0.2, -0.15) is 0 Å². The lowest BCUT2D eigenvalue weighted by Gasteiger charge is -2.42. The number of hydrogen-bond acceptors (Lipinski definition) is 3. The predicted octanol–water partition coefficient (Wildman–Crippen LogP) is 2.56. The van der Waals surface area contributed by atoms with Gasteiger partial charge in [-0.25, -0.2) is 13.2 Å². The molecule has 2 rings (SSSR count). The molecule has 0 spiro atoms. The van der Waals surface area contributed by atoms with Crippen LogP contribution in [0.4, 0.5) is 13.2 Å². The van der Waals surface area contributed by atoms with Gasteiger partial charge in [0.05, 0.1) is 11.6 Å². The Morgan fingerprint density at radius 3 is 2.40 bits per heavy atom. The molecule has 1 fully saturated rings. The van der Waals surface area contributed by atoms with Crippen molar-refractivity contribution in [2.75, 3.05) is 27.4 Å². The van der Waals surface area contributed by atoms with Crippen LogP contribution in [0.3, 0.4) is 0 Å². The van der Waals surface area contributed by atoms with Gasteiger partial charge in [0.15, 0.2) is 17.5 Å². The molecule has 0 radical (unpaired) electrons. The number of hydrogen-bond donors (Lipinski definition) is 1. The maximum absolute atomic E-state index is 14.0. The molecular weight excluding hydrogens is 271 g/mol. The molecule has 0 aliphatic carbocycles. The first-order valence-corrected chi connectivity index (χ1v) is 6.49. The summed E-state index contributed by atoms with van der Waals surface area (Å²) in [7, 11) is 3.18. The van der Waals surface area contributed by atoms with Crippen LogP contribution in [0.15, 0.2) is 12.1 Å². The lowest BCUT2D eigenvalue weighted by molar-refractivity contribution is -0.111. The zero-order valence-corrected chi connectivity index (χ0v) is 11.5. The minimum absolute atomic E-state index is 0.0650. The van der Waals surface area contributed by atoms with E-state index < -0.39 is 29.1 Å². The van der Waals surface area contributed by atoms with Crippen molar-refractivity contribution >= 4 is 0 Å².